The fourth-order valence-corrected chi connectivity index (χ4v) is 2.83. The van der Waals surface area contributed by atoms with E-state index in [1.54, 1.807) is 7.05 Å². The lowest BCUT2D eigenvalue weighted by Gasteiger charge is -2.22. The number of likely N-dealkylation sites (N-methyl/N-ethyl adjacent to an activating group) is 1. The van der Waals surface area contributed by atoms with E-state index in [4.69, 9.17) is 9.84 Å². The number of aliphatic hydroxyl groups excluding tert-OH is 1. The maximum Gasteiger partial charge on any atom is 0.214 e. The van der Waals surface area contributed by atoms with Gasteiger partial charge in [-0.15, -0.1) is 0 Å². The van der Waals surface area contributed by atoms with E-state index in [2.05, 4.69) is 0 Å². The van der Waals surface area contributed by atoms with Gasteiger partial charge in [0.2, 0.25) is 10.0 Å². The lowest BCUT2D eigenvalue weighted by molar-refractivity contribution is 0.180. The molecule has 0 bridgehead atoms. The third kappa shape index (κ3) is 2.91. The molecule has 1 heterocycles. The smallest absolute Gasteiger partial charge is 0.214 e. The molecule has 1 rings (SSSR count). The second-order valence-corrected chi connectivity index (χ2v) is 5.57. The molecule has 1 aliphatic heterocycles. The second kappa shape index (κ2) is 5.06. The summed E-state index contributed by atoms with van der Waals surface area (Å²) in [6.45, 7) is 1.02. The molecule has 1 atom stereocenters. The molecule has 0 spiro atoms. The maximum atomic E-state index is 11.6. The quantitative estimate of drug-likeness (QED) is 0.677. The molecule has 0 saturated carbocycles. The van der Waals surface area contributed by atoms with Crippen LogP contribution in [-0.2, 0) is 14.8 Å². The lowest BCUT2D eigenvalue weighted by atomic mass is 10.3. The van der Waals surface area contributed by atoms with Crippen molar-refractivity contribution in [2.75, 3.05) is 32.6 Å². The minimum atomic E-state index is -3.21. The summed E-state index contributed by atoms with van der Waals surface area (Å²) < 4.78 is 29.8. The molecule has 1 unspecified atom stereocenters. The average Bonchev–Trinajstić information content (AvgIpc) is 2.66. The first-order valence-corrected chi connectivity index (χ1v) is 6.33. The van der Waals surface area contributed by atoms with Gasteiger partial charge in [-0.05, 0) is 12.8 Å². The van der Waals surface area contributed by atoms with Gasteiger partial charge in [0.15, 0.2) is 0 Å². The van der Waals surface area contributed by atoms with E-state index >= 15 is 0 Å². The zero-order chi connectivity index (χ0) is 10.6. The maximum absolute atomic E-state index is 11.6. The van der Waals surface area contributed by atoms with Gasteiger partial charge in [0.1, 0.15) is 0 Å². The Hall–Kier alpha value is -0.170. The zero-order valence-electron chi connectivity index (χ0n) is 8.35. The van der Waals surface area contributed by atoms with Gasteiger partial charge >= 0.3 is 0 Å². The standard InChI is InChI=1S/C8H17NO4S/c1-9(8-3-5-13-7-8)14(11,12)6-2-4-10/h8,10H,2-7H2,1H3. The molecule has 0 aromatic rings. The predicted molar refractivity (Wildman–Crippen MR) is 52.5 cm³/mol. The molecule has 6 heteroatoms. The molecular formula is C8H17NO4S. The Labute approximate surface area is 84.7 Å². The molecule has 1 N–H and O–H groups in total. The number of hydrogen-bond donors (Lipinski definition) is 1. The molecule has 0 aliphatic carbocycles. The van der Waals surface area contributed by atoms with Crippen molar-refractivity contribution in [2.45, 2.75) is 18.9 Å². The molecule has 0 amide bonds. The largest absolute Gasteiger partial charge is 0.396 e. The number of rotatable bonds is 5. The predicted octanol–water partition coefficient (Wildman–Crippen LogP) is -0.581. The van der Waals surface area contributed by atoms with Crippen molar-refractivity contribution in [1.29, 1.82) is 0 Å². The Bertz CT molecular complexity index is 259. The number of aliphatic hydroxyl groups is 1. The highest BCUT2D eigenvalue weighted by molar-refractivity contribution is 7.89. The van der Waals surface area contributed by atoms with Gasteiger partial charge in [-0.1, -0.05) is 0 Å². The monoisotopic (exact) mass is 223 g/mol. The van der Waals surface area contributed by atoms with E-state index in [-0.39, 0.29) is 18.4 Å². The summed E-state index contributed by atoms with van der Waals surface area (Å²) in [7, 11) is -1.64. The molecule has 0 aromatic heterocycles. The highest BCUT2D eigenvalue weighted by Crippen LogP contribution is 2.14. The minimum absolute atomic E-state index is 0.0104. The molecule has 84 valence electrons. The first kappa shape index (κ1) is 11.9. The summed E-state index contributed by atoms with van der Waals surface area (Å²) in [5, 5.41) is 8.57. The van der Waals surface area contributed by atoms with Crippen LogP contribution in [0.25, 0.3) is 0 Å². The average molecular weight is 223 g/mol. The fourth-order valence-electron chi connectivity index (χ4n) is 1.43. The molecule has 1 fully saturated rings. The van der Waals surface area contributed by atoms with Crippen LogP contribution in [0.4, 0.5) is 0 Å². The van der Waals surface area contributed by atoms with E-state index in [1.165, 1.54) is 4.31 Å². The Morgan fingerprint density at radius 1 is 1.57 bits per heavy atom. The van der Waals surface area contributed by atoms with Gasteiger partial charge in [0, 0.05) is 20.3 Å². The summed E-state index contributed by atoms with van der Waals surface area (Å²) in [5.41, 5.74) is 0. The highest BCUT2D eigenvalue weighted by atomic mass is 32.2. The lowest BCUT2D eigenvalue weighted by Crippen LogP contribution is -2.38. The van der Waals surface area contributed by atoms with Crippen LogP contribution in [-0.4, -0.2) is 56.5 Å². The van der Waals surface area contributed by atoms with Crippen LogP contribution in [0.5, 0.6) is 0 Å². The molecular weight excluding hydrogens is 206 g/mol. The van der Waals surface area contributed by atoms with Crippen molar-refractivity contribution >= 4 is 10.0 Å². The first-order chi connectivity index (χ1) is 6.58. The number of ether oxygens (including phenoxy) is 1. The van der Waals surface area contributed by atoms with Crippen molar-refractivity contribution in [3.63, 3.8) is 0 Å². The summed E-state index contributed by atoms with van der Waals surface area (Å²) in [4.78, 5) is 0. The van der Waals surface area contributed by atoms with Gasteiger partial charge in [0.05, 0.1) is 18.4 Å². The molecule has 1 saturated heterocycles. The van der Waals surface area contributed by atoms with Crippen molar-refractivity contribution in [3.05, 3.63) is 0 Å². The van der Waals surface area contributed by atoms with Crippen LogP contribution >= 0.6 is 0 Å². The SMILES string of the molecule is CN(C1CCOC1)S(=O)(=O)CCCO. The van der Waals surface area contributed by atoms with Crippen LogP contribution in [0.3, 0.4) is 0 Å². The normalized spacial score (nSPS) is 23.2. The van der Waals surface area contributed by atoms with E-state index in [1.807, 2.05) is 0 Å². The van der Waals surface area contributed by atoms with Crippen LogP contribution in [0.1, 0.15) is 12.8 Å². The van der Waals surface area contributed by atoms with Gasteiger partial charge < -0.3 is 9.84 Å². The van der Waals surface area contributed by atoms with E-state index in [9.17, 15) is 8.42 Å². The summed E-state index contributed by atoms with van der Waals surface area (Å²) >= 11 is 0. The first-order valence-electron chi connectivity index (χ1n) is 4.72. The fraction of sp³-hybridized carbons (Fsp3) is 1.00. The van der Waals surface area contributed by atoms with Crippen molar-refractivity contribution in [1.82, 2.24) is 4.31 Å². The van der Waals surface area contributed by atoms with Crippen LogP contribution in [0.15, 0.2) is 0 Å². The Balaban J connectivity index is 2.52. The molecule has 1 aliphatic rings. The van der Waals surface area contributed by atoms with Gasteiger partial charge in [-0.3, -0.25) is 0 Å². The van der Waals surface area contributed by atoms with Crippen molar-refractivity contribution in [2.24, 2.45) is 0 Å². The third-order valence-corrected chi connectivity index (χ3v) is 4.40. The Morgan fingerprint density at radius 3 is 2.79 bits per heavy atom. The summed E-state index contributed by atoms with van der Waals surface area (Å²) in [6.07, 6.45) is 1.05. The Kier molecular flexibility index (Phi) is 4.31. The van der Waals surface area contributed by atoms with Gasteiger partial charge in [-0.25, -0.2) is 8.42 Å². The summed E-state index contributed by atoms with van der Waals surface area (Å²) in [5.74, 6) is 0.0104. The van der Waals surface area contributed by atoms with Crippen molar-refractivity contribution < 1.29 is 18.3 Å². The van der Waals surface area contributed by atoms with Crippen molar-refractivity contribution in [3.8, 4) is 0 Å². The number of hydrogen-bond acceptors (Lipinski definition) is 4. The Morgan fingerprint density at radius 2 is 2.29 bits per heavy atom. The topological polar surface area (TPSA) is 66.8 Å². The molecule has 5 nitrogen and oxygen atoms in total. The van der Waals surface area contributed by atoms with E-state index < -0.39 is 10.0 Å². The third-order valence-electron chi connectivity index (χ3n) is 2.42. The van der Waals surface area contributed by atoms with E-state index in [0.717, 1.165) is 6.42 Å². The van der Waals surface area contributed by atoms with E-state index in [0.29, 0.717) is 19.6 Å². The second-order valence-electron chi connectivity index (χ2n) is 3.43. The molecule has 0 radical (unpaired) electrons. The van der Waals surface area contributed by atoms with Crippen LogP contribution in [0, 0.1) is 0 Å². The highest BCUT2D eigenvalue weighted by Gasteiger charge is 2.28. The number of sulfonamides is 1. The minimum Gasteiger partial charge on any atom is -0.396 e. The molecule has 14 heavy (non-hydrogen) atoms. The molecule has 0 aromatic carbocycles. The van der Waals surface area contributed by atoms with Gasteiger partial charge in [-0.2, -0.15) is 4.31 Å². The van der Waals surface area contributed by atoms with Crippen LogP contribution in [0.2, 0.25) is 0 Å². The van der Waals surface area contributed by atoms with Crippen LogP contribution < -0.4 is 0 Å². The number of nitrogens with zero attached hydrogens (tertiary/aromatic N) is 1. The summed E-state index contributed by atoms with van der Waals surface area (Å²) in [6, 6.07) is -0.0290. The zero-order valence-corrected chi connectivity index (χ0v) is 9.16. The van der Waals surface area contributed by atoms with Gasteiger partial charge in [0.25, 0.3) is 0 Å².